The van der Waals surface area contributed by atoms with E-state index in [0.29, 0.717) is 61.7 Å². The number of benzene rings is 2. The molecular weight excluding hydrogens is 589 g/mol. The number of nitrogens with one attached hydrogen (secondary N) is 1. The van der Waals surface area contributed by atoms with Gasteiger partial charge in [0.25, 0.3) is 11.5 Å². The minimum absolute atomic E-state index is 0.000380. The minimum atomic E-state index is -0.585. The first-order valence-corrected chi connectivity index (χ1v) is 16.5. The number of amides is 2. The molecule has 0 radical (unpaired) electrons. The zero-order valence-corrected chi connectivity index (χ0v) is 26.4. The molecule has 2 amide bonds. The predicted octanol–water partition coefficient (Wildman–Crippen LogP) is 1.26. The largest absolute Gasteiger partial charge is 0.395 e. The number of piperazine rings is 2. The summed E-state index contributed by atoms with van der Waals surface area (Å²) in [6.45, 7) is 9.83. The Hall–Kier alpha value is -3.71. The lowest BCUT2D eigenvalue weighted by Gasteiger charge is -2.40. The molecule has 3 aliphatic rings. The van der Waals surface area contributed by atoms with Crippen molar-refractivity contribution in [2.45, 2.75) is 19.3 Å². The number of H-pyrrole nitrogens is 1. The summed E-state index contributed by atoms with van der Waals surface area (Å²) < 4.78 is 14.9. The summed E-state index contributed by atoms with van der Waals surface area (Å²) in [5, 5.41) is 17.1. The summed E-state index contributed by atoms with van der Waals surface area (Å²) in [7, 11) is 0. The number of hydrogen-bond acceptors (Lipinski definition) is 8. The van der Waals surface area contributed by atoms with Crippen LogP contribution in [0.1, 0.15) is 34.5 Å². The first-order chi connectivity index (χ1) is 22.4. The fraction of sp³-hybridized carbons (Fsp3) is 0.529. The van der Waals surface area contributed by atoms with Gasteiger partial charge in [0, 0.05) is 77.3 Å². The van der Waals surface area contributed by atoms with E-state index in [-0.39, 0.29) is 29.5 Å². The number of rotatable bonds is 9. The van der Waals surface area contributed by atoms with Crippen molar-refractivity contribution in [2.75, 3.05) is 91.7 Å². The summed E-state index contributed by atoms with van der Waals surface area (Å²) in [5.41, 5.74) is 1.09. The number of aromatic amines is 1. The molecule has 0 spiro atoms. The Labute approximate surface area is 268 Å². The average molecular weight is 634 g/mol. The van der Waals surface area contributed by atoms with Gasteiger partial charge in [-0.3, -0.25) is 19.3 Å². The molecule has 246 valence electrons. The number of fused-ring (bicyclic) bond motifs is 1. The van der Waals surface area contributed by atoms with Crippen molar-refractivity contribution in [1.29, 1.82) is 0 Å². The van der Waals surface area contributed by atoms with E-state index in [1.807, 2.05) is 17.0 Å². The van der Waals surface area contributed by atoms with E-state index in [4.69, 9.17) is 5.11 Å². The Kier molecular flexibility index (Phi) is 10.4. The van der Waals surface area contributed by atoms with E-state index in [1.54, 1.807) is 29.2 Å². The number of carbonyl (C=O) groups excluding carboxylic acids is 2. The third-order valence-electron chi connectivity index (χ3n) is 9.79. The highest BCUT2D eigenvalue weighted by Gasteiger charge is 2.29. The van der Waals surface area contributed by atoms with E-state index in [2.05, 4.69) is 24.9 Å². The van der Waals surface area contributed by atoms with Crippen LogP contribution in [0, 0.1) is 11.7 Å². The van der Waals surface area contributed by atoms with Gasteiger partial charge in [0.2, 0.25) is 5.91 Å². The van der Waals surface area contributed by atoms with Gasteiger partial charge in [-0.2, -0.15) is 5.10 Å². The number of aliphatic hydroxyl groups is 1. The smallest absolute Gasteiger partial charge is 0.272 e. The monoisotopic (exact) mass is 633 g/mol. The zero-order valence-electron chi connectivity index (χ0n) is 26.4. The Morgan fingerprint density at radius 1 is 0.848 bits per heavy atom. The van der Waals surface area contributed by atoms with Gasteiger partial charge >= 0.3 is 0 Å². The fourth-order valence-corrected chi connectivity index (χ4v) is 7.00. The first kappa shape index (κ1) is 32.2. The van der Waals surface area contributed by atoms with Crippen molar-refractivity contribution in [3.63, 3.8) is 0 Å². The van der Waals surface area contributed by atoms with Crippen molar-refractivity contribution in [2.24, 2.45) is 5.92 Å². The zero-order chi connectivity index (χ0) is 32.0. The average Bonchev–Trinajstić information content (AvgIpc) is 3.08. The maximum absolute atomic E-state index is 14.9. The second-order valence-electron chi connectivity index (χ2n) is 12.8. The van der Waals surface area contributed by atoms with Crippen molar-refractivity contribution < 1.29 is 19.1 Å². The van der Waals surface area contributed by atoms with Crippen LogP contribution in [0.25, 0.3) is 10.8 Å². The van der Waals surface area contributed by atoms with Crippen LogP contribution in [0.2, 0.25) is 0 Å². The van der Waals surface area contributed by atoms with Crippen molar-refractivity contribution in [3.05, 3.63) is 75.5 Å². The number of carbonyl (C=O) groups is 2. The van der Waals surface area contributed by atoms with Crippen LogP contribution in [0.15, 0.2) is 47.3 Å². The van der Waals surface area contributed by atoms with Gasteiger partial charge in [-0.1, -0.05) is 24.3 Å². The van der Waals surface area contributed by atoms with E-state index in [9.17, 15) is 18.8 Å². The molecular formula is C34H44FN7O4. The third kappa shape index (κ3) is 7.63. The standard InChI is InChI=1S/C34H44FN7O4/c35-30-6-5-26(22-31-27-3-1-2-4-28(27)33(45)37-36-31)21-29(30)34(46)42-17-15-41(16-18-42)32(44)24-40-13-11-39(12-14-40)23-25-7-9-38(10-8-25)19-20-43/h1-6,21,25,43H,7-20,22-24H2,(H,37,45). The van der Waals surface area contributed by atoms with Crippen molar-refractivity contribution >= 4 is 22.6 Å². The summed E-state index contributed by atoms with van der Waals surface area (Å²) in [6, 6.07) is 11.7. The highest BCUT2D eigenvalue weighted by atomic mass is 19.1. The number of likely N-dealkylation sites (tertiary alicyclic amines) is 1. The SMILES string of the molecule is O=C(CN1CCN(CC2CCN(CCO)CC2)CC1)N1CCN(C(=O)c2cc(Cc3n[nH]c(=O)c4ccccc34)ccc2F)CC1. The number of nitrogens with zero attached hydrogens (tertiary/aromatic N) is 6. The molecule has 1 aromatic heterocycles. The number of halogens is 1. The summed E-state index contributed by atoms with van der Waals surface area (Å²) in [4.78, 5) is 49.2. The van der Waals surface area contributed by atoms with Gasteiger partial charge in [0.1, 0.15) is 5.82 Å². The highest BCUT2D eigenvalue weighted by molar-refractivity contribution is 5.95. The van der Waals surface area contributed by atoms with Crippen LogP contribution >= 0.6 is 0 Å². The lowest BCUT2D eigenvalue weighted by Crippen LogP contribution is -2.55. The van der Waals surface area contributed by atoms with Gasteiger partial charge in [-0.05, 0) is 55.6 Å². The van der Waals surface area contributed by atoms with Crippen LogP contribution in [-0.2, 0) is 11.2 Å². The van der Waals surface area contributed by atoms with Gasteiger partial charge in [-0.25, -0.2) is 9.49 Å². The number of aliphatic hydroxyl groups excluding tert-OH is 1. The van der Waals surface area contributed by atoms with Crippen LogP contribution in [0.4, 0.5) is 4.39 Å². The molecule has 0 bridgehead atoms. The fourth-order valence-electron chi connectivity index (χ4n) is 7.00. The molecule has 11 nitrogen and oxygen atoms in total. The van der Waals surface area contributed by atoms with Gasteiger partial charge < -0.3 is 24.7 Å². The van der Waals surface area contributed by atoms with Crippen LogP contribution in [0.3, 0.4) is 0 Å². The molecule has 0 saturated carbocycles. The molecule has 3 saturated heterocycles. The Balaban J connectivity index is 0.966. The summed E-state index contributed by atoms with van der Waals surface area (Å²) >= 11 is 0. The number of β-amino-alcohol motifs (C(OH)–C–C–N with tert-alkyl or cyclic N) is 1. The van der Waals surface area contributed by atoms with Crippen LogP contribution in [0.5, 0.6) is 0 Å². The molecule has 0 atom stereocenters. The molecule has 4 heterocycles. The lowest BCUT2D eigenvalue weighted by molar-refractivity contribution is -0.134. The predicted molar refractivity (Wildman–Crippen MR) is 173 cm³/mol. The molecule has 46 heavy (non-hydrogen) atoms. The topological polar surface area (TPSA) is 116 Å². The molecule has 2 N–H and O–H groups in total. The molecule has 3 fully saturated rings. The molecule has 12 heteroatoms. The highest BCUT2D eigenvalue weighted by Crippen LogP contribution is 2.21. The van der Waals surface area contributed by atoms with Crippen LogP contribution in [-0.4, -0.2) is 143 Å². The normalized spacial score (nSPS) is 19.2. The number of hydrogen-bond donors (Lipinski definition) is 2. The van der Waals surface area contributed by atoms with Crippen molar-refractivity contribution in [1.82, 2.24) is 34.7 Å². The first-order valence-electron chi connectivity index (χ1n) is 16.5. The minimum Gasteiger partial charge on any atom is -0.395 e. The lowest BCUT2D eigenvalue weighted by atomic mass is 9.96. The third-order valence-corrected chi connectivity index (χ3v) is 9.79. The Morgan fingerprint density at radius 3 is 2.24 bits per heavy atom. The second kappa shape index (κ2) is 14.8. The number of aromatic nitrogens is 2. The molecule has 0 aliphatic carbocycles. The van der Waals surface area contributed by atoms with E-state index < -0.39 is 5.82 Å². The molecule has 3 aliphatic heterocycles. The van der Waals surface area contributed by atoms with Crippen LogP contribution < -0.4 is 5.56 Å². The molecule has 6 rings (SSSR count). The Bertz CT molecular complexity index is 1580. The number of piperidine rings is 1. The van der Waals surface area contributed by atoms with Gasteiger partial charge in [-0.15, -0.1) is 0 Å². The Morgan fingerprint density at radius 2 is 1.52 bits per heavy atom. The van der Waals surface area contributed by atoms with Gasteiger partial charge in [0.05, 0.1) is 29.8 Å². The molecule has 0 unspecified atom stereocenters. The molecule has 3 aromatic rings. The summed E-state index contributed by atoms with van der Waals surface area (Å²) in [5.74, 6) is -0.199. The van der Waals surface area contributed by atoms with Crippen molar-refractivity contribution in [3.8, 4) is 0 Å². The summed E-state index contributed by atoms with van der Waals surface area (Å²) in [6.07, 6.45) is 2.69. The molecule has 2 aromatic carbocycles. The quantitative estimate of drug-likeness (QED) is 0.362. The maximum Gasteiger partial charge on any atom is 0.272 e. The maximum atomic E-state index is 14.9. The van der Waals surface area contributed by atoms with E-state index >= 15 is 0 Å². The second-order valence-corrected chi connectivity index (χ2v) is 12.8. The van der Waals surface area contributed by atoms with E-state index in [1.165, 1.54) is 18.9 Å². The van der Waals surface area contributed by atoms with Gasteiger partial charge in [0.15, 0.2) is 0 Å². The van der Waals surface area contributed by atoms with E-state index in [0.717, 1.165) is 57.7 Å².